The molecule has 1 amide bonds. The molecule has 1 aromatic rings. The molecule has 1 aromatic heterocycles. The van der Waals surface area contributed by atoms with E-state index in [9.17, 15) is 9.90 Å². The standard InChI is InChI=1S/C16H24ClN3O2/c1-16(2,3)15-18-8-11(9-19-15)10-20(14(22)7-17)12-4-5-13(21)6-12/h8-9,12-13,21H,4-7,10H2,1-3H3/t12-,13-/m1/s1. The zero-order valence-corrected chi connectivity index (χ0v) is 14.2. The quantitative estimate of drug-likeness (QED) is 0.862. The number of halogens is 1. The zero-order chi connectivity index (χ0) is 16.3. The number of carbonyl (C=O) groups is 1. The fourth-order valence-corrected chi connectivity index (χ4v) is 2.89. The summed E-state index contributed by atoms with van der Waals surface area (Å²) in [5.74, 6) is 0.622. The van der Waals surface area contributed by atoms with E-state index >= 15 is 0 Å². The predicted molar refractivity (Wildman–Crippen MR) is 85.6 cm³/mol. The number of hydrogen-bond donors (Lipinski definition) is 1. The van der Waals surface area contributed by atoms with Crippen LogP contribution >= 0.6 is 11.6 Å². The number of alkyl halides is 1. The van der Waals surface area contributed by atoms with Crippen molar-refractivity contribution in [2.24, 2.45) is 0 Å². The lowest BCUT2D eigenvalue weighted by molar-refractivity contribution is -0.131. The molecule has 1 heterocycles. The van der Waals surface area contributed by atoms with E-state index in [4.69, 9.17) is 11.6 Å². The van der Waals surface area contributed by atoms with Gasteiger partial charge in [-0.25, -0.2) is 9.97 Å². The van der Waals surface area contributed by atoms with Gasteiger partial charge in [0.15, 0.2) is 0 Å². The number of nitrogens with zero attached hydrogens (tertiary/aromatic N) is 3. The van der Waals surface area contributed by atoms with Gasteiger partial charge in [0.1, 0.15) is 11.7 Å². The minimum Gasteiger partial charge on any atom is -0.393 e. The Morgan fingerprint density at radius 2 is 2.00 bits per heavy atom. The van der Waals surface area contributed by atoms with E-state index in [0.29, 0.717) is 13.0 Å². The van der Waals surface area contributed by atoms with Crippen molar-refractivity contribution in [3.05, 3.63) is 23.8 Å². The number of hydrogen-bond acceptors (Lipinski definition) is 4. The highest BCUT2D eigenvalue weighted by molar-refractivity contribution is 6.27. The van der Waals surface area contributed by atoms with Gasteiger partial charge in [0.25, 0.3) is 0 Å². The fraction of sp³-hybridized carbons (Fsp3) is 0.688. The van der Waals surface area contributed by atoms with Gasteiger partial charge in [-0.15, -0.1) is 11.6 Å². The average molecular weight is 326 g/mol. The largest absolute Gasteiger partial charge is 0.393 e. The first-order valence-corrected chi connectivity index (χ1v) is 8.19. The second kappa shape index (κ2) is 6.92. The molecule has 2 rings (SSSR count). The van der Waals surface area contributed by atoms with Crippen molar-refractivity contribution >= 4 is 17.5 Å². The second-order valence-electron chi connectivity index (χ2n) is 6.94. The molecule has 22 heavy (non-hydrogen) atoms. The second-order valence-corrected chi connectivity index (χ2v) is 7.21. The molecule has 122 valence electrons. The van der Waals surface area contributed by atoms with Gasteiger partial charge in [-0.2, -0.15) is 0 Å². The average Bonchev–Trinajstić information content (AvgIpc) is 2.90. The Labute approximate surface area is 136 Å². The van der Waals surface area contributed by atoms with Crippen LogP contribution in [0.5, 0.6) is 0 Å². The number of aromatic nitrogens is 2. The van der Waals surface area contributed by atoms with Gasteiger partial charge in [0, 0.05) is 36.0 Å². The van der Waals surface area contributed by atoms with E-state index in [1.54, 1.807) is 17.3 Å². The van der Waals surface area contributed by atoms with Crippen LogP contribution in [0.2, 0.25) is 0 Å². The summed E-state index contributed by atoms with van der Waals surface area (Å²) in [5.41, 5.74) is 0.785. The van der Waals surface area contributed by atoms with Gasteiger partial charge in [-0.05, 0) is 19.3 Å². The van der Waals surface area contributed by atoms with Crippen LogP contribution in [0, 0.1) is 0 Å². The maximum atomic E-state index is 12.1. The highest BCUT2D eigenvalue weighted by Gasteiger charge is 2.30. The summed E-state index contributed by atoms with van der Waals surface area (Å²) in [5, 5.41) is 9.70. The van der Waals surface area contributed by atoms with Crippen molar-refractivity contribution in [1.82, 2.24) is 14.9 Å². The number of rotatable bonds is 4. The smallest absolute Gasteiger partial charge is 0.238 e. The Bertz CT molecular complexity index is 513. The Hall–Kier alpha value is -1.20. The minimum absolute atomic E-state index is 0.0449. The van der Waals surface area contributed by atoms with Crippen molar-refractivity contribution < 1.29 is 9.90 Å². The predicted octanol–water partition coefficient (Wildman–Crippen LogP) is 2.25. The van der Waals surface area contributed by atoms with Gasteiger partial charge < -0.3 is 10.0 Å². The van der Waals surface area contributed by atoms with Crippen LogP contribution < -0.4 is 0 Å². The van der Waals surface area contributed by atoms with Gasteiger partial charge in [-0.3, -0.25) is 4.79 Å². The molecule has 0 radical (unpaired) electrons. The van der Waals surface area contributed by atoms with E-state index in [-0.39, 0.29) is 29.3 Å². The third-order valence-electron chi connectivity index (χ3n) is 3.98. The first-order valence-electron chi connectivity index (χ1n) is 7.66. The normalized spacial score (nSPS) is 21.9. The van der Waals surface area contributed by atoms with Crippen LogP contribution in [0.4, 0.5) is 0 Å². The molecule has 0 spiro atoms. The first kappa shape index (κ1) is 17.2. The highest BCUT2D eigenvalue weighted by Crippen LogP contribution is 2.26. The van der Waals surface area contributed by atoms with Crippen molar-refractivity contribution in [2.75, 3.05) is 5.88 Å². The Morgan fingerprint density at radius 1 is 1.36 bits per heavy atom. The molecule has 1 aliphatic carbocycles. The van der Waals surface area contributed by atoms with E-state index < -0.39 is 0 Å². The Balaban J connectivity index is 2.11. The molecule has 1 fully saturated rings. The van der Waals surface area contributed by atoms with Gasteiger partial charge in [0.05, 0.1) is 6.10 Å². The van der Waals surface area contributed by atoms with Crippen LogP contribution in [0.1, 0.15) is 51.4 Å². The van der Waals surface area contributed by atoms with Gasteiger partial charge >= 0.3 is 0 Å². The number of aliphatic hydroxyl groups is 1. The molecule has 0 unspecified atom stereocenters. The van der Waals surface area contributed by atoms with Gasteiger partial charge in [0.2, 0.25) is 5.91 Å². The van der Waals surface area contributed by atoms with Crippen LogP contribution in [0.3, 0.4) is 0 Å². The van der Waals surface area contributed by atoms with E-state index in [2.05, 4.69) is 30.7 Å². The maximum absolute atomic E-state index is 12.1. The topological polar surface area (TPSA) is 66.3 Å². The summed E-state index contributed by atoms with van der Waals surface area (Å²) < 4.78 is 0. The molecule has 6 heteroatoms. The third-order valence-corrected chi connectivity index (χ3v) is 4.21. The molecule has 1 saturated carbocycles. The molecular weight excluding hydrogens is 302 g/mol. The highest BCUT2D eigenvalue weighted by atomic mass is 35.5. The molecule has 5 nitrogen and oxygen atoms in total. The molecule has 0 saturated heterocycles. The van der Waals surface area contributed by atoms with Crippen LogP contribution in [-0.2, 0) is 16.8 Å². The maximum Gasteiger partial charge on any atom is 0.238 e. The van der Waals surface area contributed by atoms with Crippen molar-refractivity contribution in [1.29, 1.82) is 0 Å². The Kier molecular flexibility index (Phi) is 5.40. The van der Waals surface area contributed by atoms with Gasteiger partial charge in [-0.1, -0.05) is 20.8 Å². The minimum atomic E-state index is -0.324. The lowest BCUT2D eigenvalue weighted by Gasteiger charge is -2.28. The molecule has 0 aromatic carbocycles. The monoisotopic (exact) mass is 325 g/mol. The summed E-state index contributed by atoms with van der Waals surface area (Å²) in [6.45, 7) is 6.62. The molecule has 1 aliphatic rings. The lowest BCUT2D eigenvalue weighted by atomic mass is 9.96. The summed E-state index contributed by atoms with van der Waals surface area (Å²) in [6, 6.07) is 0.0449. The first-order chi connectivity index (χ1) is 10.3. The molecule has 2 atom stereocenters. The molecule has 1 N–H and O–H groups in total. The van der Waals surface area contributed by atoms with Crippen LogP contribution in [0.15, 0.2) is 12.4 Å². The summed E-state index contributed by atoms with van der Waals surface area (Å²) in [4.78, 5) is 22.7. The SMILES string of the molecule is CC(C)(C)c1ncc(CN(C(=O)CCl)[C@@H]2CC[C@@H](O)C2)cn1. The summed E-state index contributed by atoms with van der Waals surface area (Å²) in [7, 11) is 0. The fourth-order valence-electron chi connectivity index (χ4n) is 2.74. The third kappa shape index (κ3) is 4.17. The van der Waals surface area contributed by atoms with Crippen molar-refractivity contribution in [2.45, 2.75) is 64.1 Å². The number of amides is 1. The zero-order valence-electron chi connectivity index (χ0n) is 13.4. The van der Waals surface area contributed by atoms with Crippen LogP contribution in [-0.4, -0.2) is 43.9 Å². The summed E-state index contributed by atoms with van der Waals surface area (Å²) >= 11 is 5.73. The van der Waals surface area contributed by atoms with Crippen LogP contribution in [0.25, 0.3) is 0 Å². The summed E-state index contributed by atoms with van der Waals surface area (Å²) in [6.07, 6.45) is 5.38. The lowest BCUT2D eigenvalue weighted by Crippen LogP contribution is -2.39. The molecule has 0 bridgehead atoms. The van der Waals surface area contributed by atoms with Crippen molar-refractivity contribution in [3.8, 4) is 0 Å². The molecule has 0 aliphatic heterocycles. The van der Waals surface area contributed by atoms with E-state index in [0.717, 1.165) is 24.2 Å². The Morgan fingerprint density at radius 3 is 2.45 bits per heavy atom. The number of carbonyl (C=O) groups excluding carboxylic acids is 1. The van der Waals surface area contributed by atoms with E-state index in [1.807, 2.05) is 0 Å². The van der Waals surface area contributed by atoms with E-state index in [1.165, 1.54) is 0 Å². The number of aliphatic hydroxyl groups excluding tert-OH is 1. The molecular formula is C16H24ClN3O2. The van der Waals surface area contributed by atoms with Crippen molar-refractivity contribution in [3.63, 3.8) is 0 Å².